The molecular formula is C9H15NO2. The van der Waals surface area contributed by atoms with Crippen molar-refractivity contribution in [3.05, 3.63) is 0 Å². The topological polar surface area (TPSA) is 49.7 Å². The first-order chi connectivity index (χ1) is 5.61. The first-order valence-electron chi connectivity index (χ1n) is 4.35. The normalized spacial score (nSPS) is 29.2. The number of nitrogens with zero attached hydrogens (tertiary/aromatic N) is 1. The van der Waals surface area contributed by atoms with E-state index in [0.717, 1.165) is 0 Å². The zero-order valence-corrected chi connectivity index (χ0v) is 7.53. The summed E-state index contributed by atoms with van der Waals surface area (Å²) in [6.45, 7) is 4.15. The van der Waals surface area contributed by atoms with Crippen LogP contribution in [0.2, 0.25) is 0 Å². The highest BCUT2D eigenvalue weighted by molar-refractivity contribution is 5.75. The number of carbonyl (C=O) groups is 1. The van der Waals surface area contributed by atoms with E-state index in [0.29, 0.717) is 18.8 Å². The molecule has 12 heavy (non-hydrogen) atoms. The third-order valence-corrected chi connectivity index (χ3v) is 2.33. The fraction of sp³-hybridized carbons (Fsp3) is 0.778. The van der Waals surface area contributed by atoms with Crippen LogP contribution in [0.3, 0.4) is 0 Å². The van der Waals surface area contributed by atoms with E-state index in [-0.39, 0.29) is 12.0 Å². The van der Waals surface area contributed by atoms with E-state index in [4.69, 9.17) is 5.11 Å². The highest BCUT2D eigenvalue weighted by atomic mass is 16.4. The fourth-order valence-corrected chi connectivity index (χ4v) is 1.42. The summed E-state index contributed by atoms with van der Waals surface area (Å²) in [7, 11) is 0. The van der Waals surface area contributed by atoms with Crippen LogP contribution in [-0.2, 0) is 4.79 Å². The van der Waals surface area contributed by atoms with Crippen LogP contribution in [-0.4, -0.2) is 23.3 Å². The SMILES string of the molecule is CC(C)C1CC(C(=O)O)CC=N1. The van der Waals surface area contributed by atoms with Crippen molar-refractivity contribution >= 4 is 12.2 Å². The van der Waals surface area contributed by atoms with E-state index in [1.807, 2.05) is 0 Å². The Morgan fingerprint density at radius 2 is 2.33 bits per heavy atom. The van der Waals surface area contributed by atoms with E-state index in [1.54, 1.807) is 6.21 Å². The molecule has 0 saturated heterocycles. The van der Waals surface area contributed by atoms with Crippen molar-refractivity contribution in [2.45, 2.75) is 32.7 Å². The van der Waals surface area contributed by atoms with E-state index in [1.165, 1.54) is 0 Å². The van der Waals surface area contributed by atoms with Gasteiger partial charge in [0.05, 0.1) is 12.0 Å². The number of aliphatic imine (C=N–C) groups is 1. The van der Waals surface area contributed by atoms with Gasteiger partial charge in [-0.05, 0) is 25.0 Å². The lowest BCUT2D eigenvalue weighted by Crippen LogP contribution is -2.27. The predicted octanol–water partition coefficient (Wildman–Crippen LogP) is 1.58. The first kappa shape index (κ1) is 9.23. The molecule has 0 bridgehead atoms. The summed E-state index contributed by atoms with van der Waals surface area (Å²) in [6, 6.07) is 0.208. The fourth-order valence-electron chi connectivity index (χ4n) is 1.42. The highest BCUT2D eigenvalue weighted by Gasteiger charge is 2.25. The monoisotopic (exact) mass is 169 g/mol. The lowest BCUT2D eigenvalue weighted by molar-refractivity contribution is -0.142. The summed E-state index contributed by atoms with van der Waals surface area (Å²) in [5.74, 6) is -0.454. The Bertz CT molecular complexity index is 199. The molecule has 0 aromatic rings. The van der Waals surface area contributed by atoms with Gasteiger partial charge in [-0.1, -0.05) is 13.8 Å². The molecule has 0 fully saturated rings. The second kappa shape index (κ2) is 3.70. The maximum absolute atomic E-state index is 10.7. The number of hydrogen-bond donors (Lipinski definition) is 1. The minimum absolute atomic E-state index is 0.208. The lowest BCUT2D eigenvalue weighted by Gasteiger charge is -2.23. The van der Waals surface area contributed by atoms with Crippen LogP contribution >= 0.6 is 0 Å². The molecule has 2 atom stereocenters. The molecule has 0 aromatic heterocycles. The third kappa shape index (κ3) is 2.06. The van der Waals surface area contributed by atoms with Gasteiger partial charge in [-0.25, -0.2) is 0 Å². The molecule has 1 N–H and O–H groups in total. The van der Waals surface area contributed by atoms with Crippen molar-refractivity contribution in [2.75, 3.05) is 0 Å². The summed E-state index contributed by atoms with van der Waals surface area (Å²) in [6.07, 6.45) is 3.05. The summed E-state index contributed by atoms with van der Waals surface area (Å²) < 4.78 is 0. The quantitative estimate of drug-likeness (QED) is 0.682. The molecule has 68 valence electrons. The van der Waals surface area contributed by atoms with E-state index >= 15 is 0 Å². The van der Waals surface area contributed by atoms with Gasteiger partial charge in [0.15, 0.2) is 0 Å². The molecule has 0 saturated carbocycles. The number of hydrogen-bond acceptors (Lipinski definition) is 2. The van der Waals surface area contributed by atoms with Crippen LogP contribution in [0, 0.1) is 11.8 Å². The van der Waals surface area contributed by atoms with Gasteiger partial charge in [0.2, 0.25) is 0 Å². The molecule has 1 heterocycles. The van der Waals surface area contributed by atoms with Crippen molar-refractivity contribution in [3.8, 4) is 0 Å². The molecule has 0 spiro atoms. The second-order valence-electron chi connectivity index (χ2n) is 3.65. The van der Waals surface area contributed by atoms with Crippen molar-refractivity contribution in [3.63, 3.8) is 0 Å². The minimum Gasteiger partial charge on any atom is -0.481 e. The highest BCUT2D eigenvalue weighted by Crippen LogP contribution is 2.22. The largest absolute Gasteiger partial charge is 0.481 e. The van der Waals surface area contributed by atoms with Gasteiger partial charge in [0.25, 0.3) is 0 Å². The number of rotatable bonds is 2. The third-order valence-electron chi connectivity index (χ3n) is 2.33. The van der Waals surface area contributed by atoms with Gasteiger partial charge in [-0.2, -0.15) is 0 Å². The zero-order chi connectivity index (χ0) is 9.14. The van der Waals surface area contributed by atoms with Crippen molar-refractivity contribution in [2.24, 2.45) is 16.8 Å². The first-order valence-corrected chi connectivity index (χ1v) is 4.35. The molecule has 3 heteroatoms. The summed E-state index contributed by atoms with van der Waals surface area (Å²) in [5, 5.41) is 8.78. The molecule has 1 aliphatic rings. The van der Waals surface area contributed by atoms with Crippen LogP contribution < -0.4 is 0 Å². The van der Waals surface area contributed by atoms with Crippen molar-refractivity contribution < 1.29 is 9.90 Å². The second-order valence-corrected chi connectivity index (χ2v) is 3.65. The Hall–Kier alpha value is -0.860. The van der Waals surface area contributed by atoms with Crippen LogP contribution in [0.5, 0.6) is 0 Å². The molecule has 1 aliphatic heterocycles. The van der Waals surface area contributed by atoms with Crippen molar-refractivity contribution in [1.29, 1.82) is 0 Å². The Kier molecular flexibility index (Phi) is 2.84. The van der Waals surface area contributed by atoms with Crippen LogP contribution in [0.25, 0.3) is 0 Å². The van der Waals surface area contributed by atoms with Gasteiger partial charge in [0, 0.05) is 0 Å². The molecular weight excluding hydrogens is 154 g/mol. The molecule has 2 unspecified atom stereocenters. The van der Waals surface area contributed by atoms with Crippen molar-refractivity contribution in [1.82, 2.24) is 0 Å². The van der Waals surface area contributed by atoms with Gasteiger partial charge < -0.3 is 5.11 Å². The molecule has 0 aliphatic carbocycles. The summed E-state index contributed by atoms with van der Waals surface area (Å²) in [4.78, 5) is 14.9. The Labute approximate surface area is 72.5 Å². The van der Waals surface area contributed by atoms with E-state index in [2.05, 4.69) is 18.8 Å². The average molecular weight is 169 g/mol. The summed E-state index contributed by atoms with van der Waals surface area (Å²) in [5.41, 5.74) is 0. The molecule has 1 rings (SSSR count). The number of carboxylic acid groups (broad SMARTS) is 1. The van der Waals surface area contributed by atoms with Gasteiger partial charge >= 0.3 is 5.97 Å². The van der Waals surface area contributed by atoms with E-state index in [9.17, 15) is 4.79 Å². The Morgan fingerprint density at radius 1 is 1.67 bits per heavy atom. The average Bonchev–Trinajstić information content (AvgIpc) is 2.04. The van der Waals surface area contributed by atoms with Crippen LogP contribution in [0.4, 0.5) is 0 Å². The standard InChI is InChI=1S/C9H15NO2/c1-6(2)8-5-7(9(11)12)3-4-10-8/h4,6-8H,3,5H2,1-2H3,(H,11,12). The minimum atomic E-state index is -0.688. The van der Waals surface area contributed by atoms with E-state index < -0.39 is 5.97 Å². The molecule has 0 aromatic carbocycles. The molecule has 0 radical (unpaired) electrons. The smallest absolute Gasteiger partial charge is 0.306 e. The maximum Gasteiger partial charge on any atom is 0.306 e. The maximum atomic E-state index is 10.7. The Balaban J connectivity index is 2.57. The lowest BCUT2D eigenvalue weighted by atomic mass is 9.89. The number of carboxylic acids is 1. The van der Waals surface area contributed by atoms with Gasteiger partial charge in [-0.15, -0.1) is 0 Å². The van der Waals surface area contributed by atoms with Gasteiger partial charge in [0.1, 0.15) is 0 Å². The Morgan fingerprint density at radius 3 is 2.83 bits per heavy atom. The van der Waals surface area contributed by atoms with Gasteiger partial charge in [-0.3, -0.25) is 9.79 Å². The van der Waals surface area contributed by atoms with Crippen LogP contribution in [0.1, 0.15) is 26.7 Å². The molecule has 0 amide bonds. The summed E-state index contributed by atoms with van der Waals surface area (Å²) >= 11 is 0. The number of aliphatic carboxylic acids is 1. The predicted molar refractivity (Wildman–Crippen MR) is 47.5 cm³/mol. The molecule has 3 nitrogen and oxygen atoms in total. The zero-order valence-electron chi connectivity index (χ0n) is 7.53. The van der Waals surface area contributed by atoms with Crippen LogP contribution in [0.15, 0.2) is 4.99 Å².